The van der Waals surface area contributed by atoms with E-state index in [1.807, 2.05) is 18.2 Å². The first kappa shape index (κ1) is 16.4. The second-order valence-electron chi connectivity index (χ2n) is 7.90. The van der Waals surface area contributed by atoms with Crippen LogP contribution in [-0.4, -0.2) is 9.55 Å². The Kier molecular flexibility index (Phi) is 3.94. The van der Waals surface area contributed by atoms with Crippen molar-refractivity contribution in [3.05, 3.63) is 56.2 Å². The van der Waals surface area contributed by atoms with Crippen molar-refractivity contribution < 1.29 is 0 Å². The average molecular weight is 338 g/mol. The molecule has 2 aliphatic rings. The summed E-state index contributed by atoms with van der Waals surface area (Å²) in [5.74, 6) is 0. The van der Waals surface area contributed by atoms with Crippen LogP contribution in [-0.2, 0) is 11.8 Å². The minimum absolute atomic E-state index is 0.0496. The second-order valence-corrected chi connectivity index (χ2v) is 7.90. The van der Waals surface area contributed by atoms with Gasteiger partial charge in [-0.05, 0) is 31.2 Å². The molecule has 0 amide bonds. The molecule has 0 saturated heterocycles. The molecule has 25 heavy (non-hydrogen) atoms. The molecule has 1 unspecified atom stereocenters. The summed E-state index contributed by atoms with van der Waals surface area (Å²) in [5, 5.41) is 0. The van der Waals surface area contributed by atoms with Crippen molar-refractivity contribution in [2.75, 3.05) is 0 Å². The summed E-state index contributed by atoms with van der Waals surface area (Å²) >= 11 is 0. The maximum atomic E-state index is 13.5. The molecule has 1 aromatic heterocycles. The van der Waals surface area contributed by atoms with E-state index in [2.05, 4.69) is 24.9 Å². The Balaban J connectivity index is 2.00. The highest BCUT2D eigenvalue weighted by atomic mass is 16.2. The van der Waals surface area contributed by atoms with Gasteiger partial charge in [-0.25, -0.2) is 4.79 Å². The van der Waals surface area contributed by atoms with Crippen molar-refractivity contribution in [1.29, 1.82) is 0 Å². The number of nitrogens with zero attached hydrogens (tertiary/aromatic N) is 1. The largest absolute Gasteiger partial charge is 0.329 e. The lowest BCUT2D eigenvalue weighted by atomic mass is 9.69. The summed E-state index contributed by atoms with van der Waals surface area (Å²) in [6, 6.07) is 8.18. The molecule has 0 spiro atoms. The van der Waals surface area contributed by atoms with Gasteiger partial charge in [0.2, 0.25) is 0 Å². The first-order valence-corrected chi connectivity index (χ1v) is 9.53. The lowest BCUT2D eigenvalue weighted by Crippen LogP contribution is -2.46. The molecule has 0 radical (unpaired) electrons. The Labute approximate surface area is 147 Å². The monoisotopic (exact) mass is 338 g/mol. The zero-order valence-electron chi connectivity index (χ0n) is 15.1. The van der Waals surface area contributed by atoms with Crippen molar-refractivity contribution in [2.24, 2.45) is 0 Å². The van der Waals surface area contributed by atoms with E-state index in [4.69, 9.17) is 0 Å². The fourth-order valence-electron chi connectivity index (χ4n) is 4.71. The van der Waals surface area contributed by atoms with Crippen molar-refractivity contribution in [2.45, 2.75) is 70.3 Å². The number of aromatic amines is 1. The van der Waals surface area contributed by atoms with Crippen LogP contribution in [0.25, 0.3) is 11.3 Å². The van der Waals surface area contributed by atoms with E-state index in [1.54, 1.807) is 0 Å². The molecule has 0 bridgehead atoms. The first-order chi connectivity index (χ1) is 12.0. The molecule has 4 nitrogen and oxygen atoms in total. The molecule has 1 fully saturated rings. The Bertz CT molecular complexity index is 918. The standard InChI is InChI=1S/C21H26N2O2/c1-3-21(2)13-14-9-7-8-12-16(14)18-17(21)19(24)23(20(25)22-18)15-10-5-4-6-11-15/h7-9,12,15H,3-6,10-11,13H2,1-2H3,(H,22,25). The number of H-pyrrole nitrogens is 1. The molecule has 2 aromatic rings. The quantitative estimate of drug-likeness (QED) is 0.902. The van der Waals surface area contributed by atoms with Crippen LogP contribution in [0.3, 0.4) is 0 Å². The molecule has 132 valence electrons. The van der Waals surface area contributed by atoms with E-state index >= 15 is 0 Å². The van der Waals surface area contributed by atoms with Gasteiger partial charge >= 0.3 is 5.69 Å². The number of rotatable bonds is 2. The number of hydrogen-bond acceptors (Lipinski definition) is 2. The molecule has 1 N–H and O–H groups in total. The topological polar surface area (TPSA) is 54.9 Å². The molecule has 0 aliphatic heterocycles. The molecule has 4 heteroatoms. The van der Waals surface area contributed by atoms with Gasteiger partial charge in [0, 0.05) is 22.6 Å². The van der Waals surface area contributed by atoms with E-state index in [-0.39, 0.29) is 22.7 Å². The summed E-state index contributed by atoms with van der Waals surface area (Å²) < 4.78 is 1.53. The maximum absolute atomic E-state index is 13.5. The first-order valence-electron chi connectivity index (χ1n) is 9.53. The SMILES string of the molecule is CCC1(C)Cc2ccccc2-c2[nH]c(=O)n(C3CCCCC3)c(=O)c21. The summed E-state index contributed by atoms with van der Waals surface area (Å²) in [7, 11) is 0. The molecular formula is C21H26N2O2. The van der Waals surface area contributed by atoms with Crippen LogP contribution in [0.5, 0.6) is 0 Å². The van der Waals surface area contributed by atoms with E-state index in [9.17, 15) is 9.59 Å². The Morgan fingerprint density at radius 3 is 2.60 bits per heavy atom. The number of aromatic nitrogens is 2. The maximum Gasteiger partial charge on any atom is 0.329 e. The third-order valence-corrected chi connectivity index (χ3v) is 6.32. The molecule has 2 aliphatic carbocycles. The van der Waals surface area contributed by atoms with Crippen LogP contribution in [0.1, 0.15) is 69.5 Å². The highest BCUT2D eigenvalue weighted by molar-refractivity contribution is 5.71. The van der Waals surface area contributed by atoms with Crippen LogP contribution in [0.4, 0.5) is 0 Å². The van der Waals surface area contributed by atoms with Gasteiger partial charge in [0.05, 0.1) is 5.69 Å². The van der Waals surface area contributed by atoms with Crippen LogP contribution >= 0.6 is 0 Å². The molecule has 4 rings (SSSR count). The van der Waals surface area contributed by atoms with E-state index in [0.29, 0.717) is 0 Å². The fraction of sp³-hybridized carbons (Fsp3) is 0.524. The Hall–Kier alpha value is -2.10. The van der Waals surface area contributed by atoms with Gasteiger partial charge in [-0.15, -0.1) is 0 Å². The summed E-state index contributed by atoms with van der Waals surface area (Å²) in [6.45, 7) is 4.29. The van der Waals surface area contributed by atoms with E-state index in [0.717, 1.165) is 55.3 Å². The lowest BCUT2D eigenvalue weighted by Gasteiger charge is -2.36. The van der Waals surface area contributed by atoms with Gasteiger partial charge < -0.3 is 4.98 Å². The van der Waals surface area contributed by atoms with E-state index in [1.165, 1.54) is 16.6 Å². The smallest absolute Gasteiger partial charge is 0.306 e. The lowest BCUT2D eigenvalue weighted by molar-refractivity contribution is 0.329. The summed E-state index contributed by atoms with van der Waals surface area (Å²) in [4.78, 5) is 29.4. The van der Waals surface area contributed by atoms with Crippen LogP contribution in [0.2, 0.25) is 0 Å². The third-order valence-electron chi connectivity index (χ3n) is 6.32. The number of benzene rings is 1. The Morgan fingerprint density at radius 1 is 1.16 bits per heavy atom. The highest BCUT2D eigenvalue weighted by Crippen LogP contribution is 2.42. The zero-order chi connectivity index (χ0) is 17.6. The second kappa shape index (κ2) is 6.01. The van der Waals surface area contributed by atoms with Gasteiger partial charge in [-0.3, -0.25) is 9.36 Å². The van der Waals surface area contributed by atoms with Crippen molar-refractivity contribution in [3.8, 4) is 11.3 Å². The predicted octanol–water partition coefficient (Wildman–Crippen LogP) is 3.93. The van der Waals surface area contributed by atoms with Crippen molar-refractivity contribution >= 4 is 0 Å². The van der Waals surface area contributed by atoms with Crippen LogP contribution < -0.4 is 11.2 Å². The molecular weight excluding hydrogens is 312 g/mol. The molecule has 1 saturated carbocycles. The third kappa shape index (κ3) is 2.50. The molecule has 1 aromatic carbocycles. The van der Waals surface area contributed by atoms with Gasteiger partial charge in [0.1, 0.15) is 0 Å². The van der Waals surface area contributed by atoms with Gasteiger partial charge in [0.15, 0.2) is 0 Å². The number of fused-ring (bicyclic) bond motifs is 3. The minimum Gasteiger partial charge on any atom is -0.306 e. The highest BCUT2D eigenvalue weighted by Gasteiger charge is 2.38. The van der Waals surface area contributed by atoms with Gasteiger partial charge in [-0.1, -0.05) is 57.4 Å². The van der Waals surface area contributed by atoms with E-state index < -0.39 is 0 Å². The van der Waals surface area contributed by atoms with Gasteiger partial charge in [0.25, 0.3) is 5.56 Å². The van der Waals surface area contributed by atoms with Gasteiger partial charge in [-0.2, -0.15) is 0 Å². The van der Waals surface area contributed by atoms with Crippen LogP contribution in [0, 0.1) is 0 Å². The number of hydrogen-bond donors (Lipinski definition) is 1. The summed E-state index contributed by atoms with van der Waals surface area (Å²) in [6.07, 6.45) is 6.98. The molecule has 1 atom stereocenters. The fourth-order valence-corrected chi connectivity index (χ4v) is 4.71. The molecule has 1 heterocycles. The Morgan fingerprint density at radius 2 is 1.88 bits per heavy atom. The minimum atomic E-state index is -0.245. The average Bonchev–Trinajstić information content (AvgIpc) is 2.62. The van der Waals surface area contributed by atoms with Crippen molar-refractivity contribution in [1.82, 2.24) is 9.55 Å². The normalized spacial score (nSPS) is 23.1. The van der Waals surface area contributed by atoms with Crippen molar-refractivity contribution in [3.63, 3.8) is 0 Å². The number of nitrogens with one attached hydrogen (secondary N) is 1. The van der Waals surface area contributed by atoms with Crippen LogP contribution in [0.15, 0.2) is 33.9 Å². The summed E-state index contributed by atoms with van der Waals surface area (Å²) in [5.41, 5.74) is 3.22. The zero-order valence-corrected chi connectivity index (χ0v) is 15.1. The predicted molar refractivity (Wildman–Crippen MR) is 100 cm³/mol.